The maximum atomic E-state index is 12.4. The molecule has 1 amide bonds. The summed E-state index contributed by atoms with van der Waals surface area (Å²) in [4.78, 5) is 29.8. The van der Waals surface area contributed by atoms with Gasteiger partial charge in [-0.25, -0.2) is 9.98 Å². The number of hydrogen-bond donors (Lipinski definition) is 1. The fourth-order valence-corrected chi connectivity index (χ4v) is 3.18. The van der Waals surface area contributed by atoms with Crippen molar-refractivity contribution in [1.29, 1.82) is 0 Å². The molecular formula is C20H29N5O2. The number of hydrogen-bond acceptors (Lipinski definition) is 6. The number of anilines is 1. The molecule has 2 aliphatic heterocycles. The van der Waals surface area contributed by atoms with Crippen molar-refractivity contribution in [3.05, 3.63) is 23.9 Å². The van der Waals surface area contributed by atoms with E-state index in [0.717, 1.165) is 44.0 Å². The maximum absolute atomic E-state index is 12.4. The Labute approximate surface area is 160 Å². The molecule has 1 aromatic heterocycles. The number of rotatable bonds is 5. The molecule has 0 unspecified atom stereocenters. The standard InChI is InChI=1S/C20H29N5O2/c1-20(2,3)6-4-18(27)25-10-8-24(9-11-25)17-12-15(5-7-21-17)19-22-13-16(14-26)23-19/h5,7,12,26H,4,6,8-11,13-14H2,1-3H3. The fraction of sp³-hybridized carbons (Fsp3) is 0.600. The number of pyridine rings is 1. The van der Waals surface area contributed by atoms with Crippen molar-refractivity contribution in [3.8, 4) is 0 Å². The third kappa shape index (κ3) is 5.13. The molecule has 27 heavy (non-hydrogen) atoms. The van der Waals surface area contributed by atoms with Crippen LogP contribution in [0.1, 0.15) is 39.2 Å². The zero-order chi connectivity index (χ0) is 19.4. The van der Waals surface area contributed by atoms with Crippen LogP contribution in [0.4, 0.5) is 5.82 Å². The van der Waals surface area contributed by atoms with Crippen molar-refractivity contribution in [3.63, 3.8) is 0 Å². The molecule has 7 nitrogen and oxygen atoms in total. The van der Waals surface area contributed by atoms with Crippen LogP contribution in [0.15, 0.2) is 28.3 Å². The molecule has 0 radical (unpaired) electrons. The number of amides is 1. The Balaban J connectivity index is 1.58. The first kappa shape index (κ1) is 19.5. The van der Waals surface area contributed by atoms with Crippen LogP contribution in [0.2, 0.25) is 0 Å². The molecule has 0 bridgehead atoms. The van der Waals surface area contributed by atoms with E-state index < -0.39 is 0 Å². The predicted molar refractivity (Wildman–Crippen MR) is 108 cm³/mol. The Morgan fingerprint density at radius 1 is 1.22 bits per heavy atom. The number of aromatic nitrogens is 1. The number of carbonyl (C=O) groups is 1. The molecular weight excluding hydrogens is 342 g/mol. The third-order valence-corrected chi connectivity index (χ3v) is 4.91. The first-order valence-corrected chi connectivity index (χ1v) is 9.56. The number of piperazine rings is 1. The monoisotopic (exact) mass is 371 g/mol. The summed E-state index contributed by atoms with van der Waals surface area (Å²) in [6.07, 6.45) is 3.29. The van der Waals surface area contributed by atoms with Gasteiger partial charge in [0.05, 0.1) is 18.9 Å². The molecule has 3 rings (SSSR count). The molecule has 0 saturated carbocycles. The molecule has 0 aliphatic carbocycles. The number of aliphatic imine (C=N–C) groups is 2. The first-order valence-electron chi connectivity index (χ1n) is 9.56. The van der Waals surface area contributed by atoms with Gasteiger partial charge in [-0.2, -0.15) is 0 Å². The molecule has 0 spiro atoms. The molecule has 1 aromatic rings. The first-order chi connectivity index (χ1) is 12.9. The number of amidine groups is 1. The predicted octanol–water partition coefficient (Wildman–Crippen LogP) is 1.75. The lowest BCUT2D eigenvalue weighted by molar-refractivity contribution is -0.132. The summed E-state index contributed by atoms with van der Waals surface area (Å²) >= 11 is 0. The molecule has 2 aliphatic rings. The second kappa shape index (κ2) is 8.17. The normalized spacial score (nSPS) is 17.8. The molecule has 146 valence electrons. The van der Waals surface area contributed by atoms with Crippen LogP contribution in [0.3, 0.4) is 0 Å². The molecule has 1 fully saturated rings. The number of carbonyl (C=O) groups excluding carboxylic acids is 1. The second-order valence-corrected chi connectivity index (χ2v) is 8.31. The Morgan fingerprint density at radius 3 is 2.59 bits per heavy atom. The van der Waals surface area contributed by atoms with E-state index in [2.05, 4.69) is 40.6 Å². The zero-order valence-electron chi connectivity index (χ0n) is 16.5. The highest BCUT2D eigenvalue weighted by atomic mass is 16.3. The van der Waals surface area contributed by atoms with Crippen molar-refractivity contribution >= 4 is 23.3 Å². The Morgan fingerprint density at radius 2 is 1.96 bits per heavy atom. The van der Waals surface area contributed by atoms with Gasteiger partial charge in [0.2, 0.25) is 5.91 Å². The van der Waals surface area contributed by atoms with E-state index in [1.165, 1.54) is 0 Å². The topological polar surface area (TPSA) is 81.4 Å². The van der Waals surface area contributed by atoms with Crippen LogP contribution in [0.5, 0.6) is 0 Å². The van der Waals surface area contributed by atoms with Gasteiger partial charge in [0, 0.05) is 44.4 Å². The Bertz CT molecular complexity index is 743. The van der Waals surface area contributed by atoms with E-state index >= 15 is 0 Å². The van der Waals surface area contributed by atoms with Gasteiger partial charge < -0.3 is 14.9 Å². The van der Waals surface area contributed by atoms with Gasteiger partial charge in [-0.3, -0.25) is 9.79 Å². The SMILES string of the molecule is CC(C)(C)CCC(=O)N1CCN(c2cc(C3=NCC(CO)=N3)ccn2)CC1. The van der Waals surface area contributed by atoms with Gasteiger partial charge >= 0.3 is 0 Å². The highest BCUT2D eigenvalue weighted by Gasteiger charge is 2.23. The average molecular weight is 371 g/mol. The molecule has 7 heteroatoms. The summed E-state index contributed by atoms with van der Waals surface area (Å²) < 4.78 is 0. The fourth-order valence-electron chi connectivity index (χ4n) is 3.18. The Kier molecular flexibility index (Phi) is 5.89. The van der Waals surface area contributed by atoms with Gasteiger partial charge in [-0.05, 0) is 24.0 Å². The highest BCUT2D eigenvalue weighted by Crippen LogP contribution is 2.22. The molecule has 1 N–H and O–H groups in total. The van der Waals surface area contributed by atoms with Gasteiger partial charge in [0.15, 0.2) is 5.84 Å². The summed E-state index contributed by atoms with van der Waals surface area (Å²) in [5.74, 6) is 1.78. The van der Waals surface area contributed by atoms with Crippen LogP contribution in [-0.2, 0) is 4.79 Å². The number of nitrogens with zero attached hydrogens (tertiary/aromatic N) is 5. The summed E-state index contributed by atoms with van der Waals surface area (Å²) in [5, 5.41) is 9.18. The van der Waals surface area contributed by atoms with Crippen molar-refractivity contribution in [2.24, 2.45) is 15.4 Å². The lowest BCUT2D eigenvalue weighted by Crippen LogP contribution is -2.49. The maximum Gasteiger partial charge on any atom is 0.222 e. The zero-order valence-corrected chi connectivity index (χ0v) is 16.5. The van der Waals surface area contributed by atoms with Crippen molar-refractivity contribution < 1.29 is 9.90 Å². The Hall–Kier alpha value is -2.28. The van der Waals surface area contributed by atoms with Crippen LogP contribution in [0, 0.1) is 5.41 Å². The van der Waals surface area contributed by atoms with E-state index in [-0.39, 0.29) is 17.9 Å². The van der Waals surface area contributed by atoms with E-state index in [4.69, 9.17) is 0 Å². The molecule has 0 atom stereocenters. The minimum absolute atomic E-state index is 0.0594. The summed E-state index contributed by atoms with van der Waals surface area (Å²) in [6.45, 7) is 9.89. The third-order valence-electron chi connectivity index (χ3n) is 4.91. The minimum atomic E-state index is -0.0594. The van der Waals surface area contributed by atoms with Crippen LogP contribution in [0.25, 0.3) is 0 Å². The second-order valence-electron chi connectivity index (χ2n) is 8.31. The van der Waals surface area contributed by atoms with Gasteiger partial charge in [0.1, 0.15) is 5.82 Å². The van der Waals surface area contributed by atoms with Crippen molar-refractivity contribution in [2.75, 3.05) is 44.2 Å². The largest absolute Gasteiger partial charge is 0.390 e. The van der Waals surface area contributed by atoms with Gasteiger partial charge in [0.25, 0.3) is 0 Å². The smallest absolute Gasteiger partial charge is 0.222 e. The van der Waals surface area contributed by atoms with E-state index in [1.54, 1.807) is 6.20 Å². The summed E-state index contributed by atoms with van der Waals surface area (Å²) in [7, 11) is 0. The van der Waals surface area contributed by atoms with E-state index in [0.29, 0.717) is 24.5 Å². The average Bonchev–Trinajstić information content (AvgIpc) is 3.15. The van der Waals surface area contributed by atoms with Crippen LogP contribution in [-0.4, -0.2) is 71.8 Å². The lowest BCUT2D eigenvalue weighted by atomic mass is 9.90. The lowest BCUT2D eigenvalue weighted by Gasteiger charge is -2.36. The summed E-state index contributed by atoms with van der Waals surface area (Å²) in [5.41, 5.74) is 1.78. The van der Waals surface area contributed by atoms with E-state index in [1.807, 2.05) is 17.0 Å². The van der Waals surface area contributed by atoms with Crippen molar-refractivity contribution in [1.82, 2.24) is 9.88 Å². The van der Waals surface area contributed by atoms with Crippen molar-refractivity contribution in [2.45, 2.75) is 33.6 Å². The molecule has 1 saturated heterocycles. The van der Waals surface area contributed by atoms with Crippen LogP contribution >= 0.6 is 0 Å². The van der Waals surface area contributed by atoms with Gasteiger partial charge in [-0.15, -0.1) is 0 Å². The number of aliphatic hydroxyl groups is 1. The quantitative estimate of drug-likeness (QED) is 0.855. The molecule has 3 heterocycles. The van der Waals surface area contributed by atoms with Gasteiger partial charge in [-0.1, -0.05) is 20.8 Å². The minimum Gasteiger partial charge on any atom is -0.390 e. The van der Waals surface area contributed by atoms with Crippen LogP contribution < -0.4 is 4.90 Å². The van der Waals surface area contributed by atoms with E-state index in [9.17, 15) is 9.90 Å². The number of aliphatic hydroxyl groups excluding tert-OH is 1. The highest BCUT2D eigenvalue weighted by molar-refractivity contribution is 6.12. The summed E-state index contributed by atoms with van der Waals surface area (Å²) in [6, 6.07) is 3.87. The molecule has 0 aromatic carbocycles.